The highest BCUT2D eigenvalue weighted by atomic mass is 79.9. The highest BCUT2D eigenvalue weighted by molar-refractivity contribution is 9.10. The van der Waals surface area contributed by atoms with Crippen LogP contribution in [0.5, 0.6) is 0 Å². The minimum atomic E-state index is 0.500. The van der Waals surface area contributed by atoms with Gasteiger partial charge in [0, 0.05) is 21.9 Å². The fraction of sp³-hybridized carbons (Fsp3) is 0. The summed E-state index contributed by atoms with van der Waals surface area (Å²) in [5.74, 6) is 0.500. The predicted molar refractivity (Wildman–Crippen MR) is 78.9 cm³/mol. The molecular weight excluding hydrogens is 304 g/mol. The maximum absolute atomic E-state index is 5.73. The zero-order valence-corrected chi connectivity index (χ0v) is 11.6. The van der Waals surface area contributed by atoms with Gasteiger partial charge in [0.15, 0.2) is 0 Å². The van der Waals surface area contributed by atoms with E-state index in [1.165, 1.54) is 0 Å². The van der Waals surface area contributed by atoms with Gasteiger partial charge in [0.1, 0.15) is 5.82 Å². The maximum Gasteiger partial charge on any atom is 0.123 e. The molecule has 0 amide bonds. The van der Waals surface area contributed by atoms with Crippen molar-refractivity contribution in [2.24, 2.45) is 0 Å². The second-order valence-corrected chi connectivity index (χ2v) is 5.01. The van der Waals surface area contributed by atoms with Crippen LogP contribution in [0, 0.1) is 0 Å². The number of benzene rings is 1. The average Bonchev–Trinajstić information content (AvgIpc) is 2.88. The molecule has 0 spiro atoms. The number of aromatic nitrogens is 3. The van der Waals surface area contributed by atoms with Gasteiger partial charge in [-0.3, -0.25) is 4.57 Å². The molecule has 0 saturated carbocycles. The SMILES string of the molecule is Nc1cc(-c2cncn2-c2cccc(Br)c2)ccn1. The van der Waals surface area contributed by atoms with E-state index < -0.39 is 0 Å². The molecule has 0 unspecified atom stereocenters. The first-order valence-corrected chi connectivity index (χ1v) is 6.53. The molecule has 19 heavy (non-hydrogen) atoms. The number of anilines is 1. The molecule has 0 aliphatic heterocycles. The van der Waals surface area contributed by atoms with Crippen molar-refractivity contribution >= 4 is 21.7 Å². The summed E-state index contributed by atoms with van der Waals surface area (Å²) >= 11 is 3.48. The molecule has 1 aromatic carbocycles. The topological polar surface area (TPSA) is 56.7 Å². The summed E-state index contributed by atoms with van der Waals surface area (Å²) in [4.78, 5) is 8.23. The number of hydrogen-bond donors (Lipinski definition) is 1. The van der Waals surface area contributed by atoms with Crippen LogP contribution in [0.1, 0.15) is 0 Å². The summed E-state index contributed by atoms with van der Waals surface area (Å²) in [6, 6.07) is 11.8. The molecule has 0 saturated heterocycles. The first-order chi connectivity index (χ1) is 9.24. The molecule has 2 heterocycles. The Morgan fingerprint density at radius 3 is 2.84 bits per heavy atom. The van der Waals surface area contributed by atoms with E-state index in [1.807, 2.05) is 47.2 Å². The zero-order valence-electron chi connectivity index (χ0n) is 9.99. The molecule has 0 aliphatic rings. The molecule has 94 valence electrons. The number of pyridine rings is 1. The highest BCUT2D eigenvalue weighted by Crippen LogP contribution is 2.24. The molecule has 3 rings (SSSR count). The van der Waals surface area contributed by atoms with Gasteiger partial charge in [0.05, 0.1) is 18.2 Å². The lowest BCUT2D eigenvalue weighted by Crippen LogP contribution is -1.96. The third kappa shape index (κ3) is 2.37. The monoisotopic (exact) mass is 314 g/mol. The lowest BCUT2D eigenvalue weighted by Gasteiger charge is -2.09. The van der Waals surface area contributed by atoms with Gasteiger partial charge in [-0.1, -0.05) is 22.0 Å². The summed E-state index contributed by atoms with van der Waals surface area (Å²) < 4.78 is 3.04. The summed E-state index contributed by atoms with van der Waals surface area (Å²) in [7, 11) is 0. The largest absolute Gasteiger partial charge is 0.384 e. The Bertz CT molecular complexity index is 661. The average molecular weight is 315 g/mol. The number of nitrogens with zero attached hydrogens (tertiary/aromatic N) is 3. The van der Waals surface area contributed by atoms with Gasteiger partial charge < -0.3 is 5.73 Å². The van der Waals surface area contributed by atoms with Crippen molar-refractivity contribution in [2.75, 3.05) is 5.73 Å². The summed E-state index contributed by atoms with van der Waals surface area (Å²) in [5.41, 5.74) is 8.74. The Morgan fingerprint density at radius 1 is 1.16 bits per heavy atom. The van der Waals surface area contributed by atoms with E-state index in [1.54, 1.807) is 12.5 Å². The van der Waals surface area contributed by atoms with Crippen molar-refractivity contribution in [1.82, 2.24) is 14.5 Å². The van der Waals surface area contributed by atoms with E-state index in [4.69, 9.17) is 5.73 Å². The lowest BCUT2D eigenvalue weighted by atomic mass is 10.2. The molecule has 4 nitrogen and oxygen atoms in total. The molecular formula is C14H11BrN4. The highest BCUT2D eigenvalue weighted by Gasteiger charge is 2.07. The minimum Gasteiger partial charge on any atom is -0.384 e. The predicted octanol–water partition coefficient (Wildman–Crippen LogP) is 3.28. The Hall–Kier alpha value is -2.14. The first kappa shape index (κ1) is 11.9. The first-order valence-electron chi connectivity index (χ1n) is 5.74. The second-order valence-electron chi connectivity index (χ2n) is 4.10. The van der Waals surface area contributed by atoms with Crippen molar-refractivity contribution in [3.63, 3.8) is 0 Å². The van der Waals surface area contributed by atoms with Crippen molar-refractivity contribution in [3.8, 4) is 16.9 Å². The summed E-state index contributed by atoms with van der Waals surface area (Å²) in [6.45, 7) is 0. The van der Waals surface area contributed by atoms with E-state index in [0.29, 0.717) is 5.82 Å². The molecule has 0 aliphatic carbocycles. The van der Waals surface area contributed by atoms with E-state index >= 15 is 0 Å². The van der Waals surface area contributed by atoms with Crippen LogP contribution < -0.4 is 5.73 Å². The van der Waals surface area contributed by atoms with Crippen LogP contribution in [0.3, 0.4) is 0 Å². The Balaban J connectivity index is 2.13. The van der Waals surface area contributed by atoms with Crippen LogP contribution >= 0.6 is 15.9 Å². The molecule has 0 radical (unpaired) electrons. The van der Waals surface area contributed by atoms with Crippen LogP contribution in [0.15, 0.2) is 59.6 Å². The molecule has 2 aromatic heterocycles. The van der Waals surface area contributed by atoms with Crippen LogP contribution in [0.2, 0.25) is 0 Å². The van der Waals surface area contributed by atoms with Crippen LogP contribution in [0.4, 0.5) is 5.82 Å². The standard InChI is InChI=1S/C14H11BrN4/c15-11-2-1-3-12(7-11)19-9-17-8-13(19)10-4-5-18-14(16)6-10/h1-9H,(H2,16,18). The second kappa shape index (κ2) is 4.85. The number of nitrogen functional groups attached to an aromatic ring is 1. The zero-order chi connectivity index (χ0) is 13.2. The minimum absolute atomic E-state index is 0.500. The normalized spacial score (nSPS) is 10.6. The Labute approximate surface area is 119 Å². The van der Waals surface area contributed by atoms with Crippen LogP contribution in [0.25, 0.3) is 16.9 Å². The van der Waals surface area contributed by atoms with E-state index in [-0.39, 0.29) is 0 Å². The quantitative estimate of drug-likeness (QED) is 0.789. The van der Waals surface area contributed by atoms with Gasteiger partial charge in [0.2, 0.25) is 0 Å². The van der Waals surface area contributed by atoms with Gasteiger partial charge >= 0.3 is 0 Å². The van der Waals surface area contributed by atoms with Crippen molar-refractivity contribution < 1.29 is 0 Å². The van der Waals surface area contributed by atoms with E-state index in [9.17, 15) is 0 Å². The van der Waals surface area contributed by atoms with Crippen LogP contribution in [-0.4, -0.2) is 14.5 Å². The van der Waals surface area contributed by atoms with E-state index in [2.05, 4.69) is 25.9 Å². The summed E-state index contributed by atoms with van der Waals surface area (Å²) in [6.07, 6.45) is 5.30. The van der Waals surface area contributed by atoms with Gasteiger partial charge in [-0.25, -0.2) is 9.97 Å². The number of halogens is 1. The Morgan fingerprint density at radius 2 is 2.05 bits per heavy atom. The van der Waals surface area contributed by atoms with Crippen LogP contribution in [-0.2, 0) is 0 Å². The molecule has 0 fully saturated rings. The number of hydrogen-bond acceptors (Lipinski definition) is 3. The van der Waals surface area contributed by atoms with Crippen molar-refractivity contribution in [3.05, 3.63) is 59.6 Å². The van der Waals surface area contributed by atoms with Gasteiger partial charge in [0.25, 0.3) is 0 Å². The molecule has 0 bridgehead atoms. The Kier molecular flexibility index (Phi) is 3.05. The van der Waals surface area contributed by atoms with Gasteiger partial charge in [-0.15, -0.1) is 0 Å². The lowest BCUT2D eigenvalue weighted by molar-refractivity contribution is 1.06. The molecule has 2 N–H and O–H groups in total. The third-order valence-corrected chi connectivity index (χ3v) is 3.29. The van der Waals surface area contributed by atoms with Crippen molar-refractivity contribution in [2.45, 2.75) is 0 Å². The number of imidazole rings is 1. The fourth-order valence-corrected chi connectivity index (χ4v) is 2.34. The molecule has 0 atom stereocenters. The van der Waals surface area contributed by atoms with Gasteiger partial charge in [-0.2, -0.15) is 0 Å². The summed E-state index contributed by atoms with van der Waals surface area (Å²) in [5, 5.41) is 0. The smallest absolute Gasteiger partial charge is 0.123 e. The number of rotatable bonds is 2. The van der Waals surface area contributed by atoms with E-state index in [0.717, 1.165) is 21.4 Å². The fourth-order valence-electron chi connectivity index (χ4n) is 1.95. The maximum atomic E-state index is 5.73. The number of nitrogens with two attached hydrogens (primary N) is 1. The molecule has 5 heteroatoms. The van der Waals surface area contributed by atoms with Crippen molar-refractivity contribution in [1.29, 1.82) is 0 Å². The van der Waals surface area contributed by atoms with Gasteiger partial charge in [-0.05, 0) is 30.3 Å². The molecule has 3 aromatic rings. The third-order valence-electron chi connectivity index (χ3n) is 2.80.